The second-order valence-electron chi connectivity index (χ2n) is 11.9. The Morgan fingerprint density at radius 3 is 2.45 bits per heavy atom. The summed E-state index contributed by atoms with van der Waals surface area (Å²) < 4.78 is 14.5. The lowest BCUT2D eigenvalue weighted by atomic mass is 9.93. The summed E-state index contributed by atoms with van der Waals surface area (Å²) in [5, 5.41) is 12.1. The van der Waals surface area contributed by atoms with E-state index in [-0.39, 0.29) is 18.1 Å². The number of amides is 1. The monoisotopic (exact) mass is 732 g/mol. The first kappa shape index (κ1) is 33.7. The van der Waals surface area contributed by atoms with E-state index in [0.29, 0.717) is 53.7 Å². The van der Waals surface area contributed by atoms with Crippen LogP contribution >= 0.6 is 27.3 Å². The van der Waals surface area contributed by atoms with Gasteiger partial charge in [-0.25, -0.2) is 4.99 Å². The maximum absolute atomic E-state index is 14.3. The van der Waals surface area contributed by atoms with Gasteiger partial charge in [-0.05, 0) is 93.5 Å². The zero-order valence-corrected chi connectivity index (χ0v) is 29.8. The molecule has 1 aromatic heterocycles. The molecule has 0 unspecified atom stereocenters. The Kier molecular flexibility index (Phi) is 9.95. The molecule has 0 saturated heterocycles. The van der Waals surface area contributed by atoms with E-state index < -0.39 is 6.04 Å². The van der Waals surface area contributed by atoms with Crippen LogP contribution in [0.25, 0.3) is 6.08 Å². The highest BCUT2D eigenvalue weighted by atomic mass is 79.9. The fourth-order valence-electron chi connectivity index (χ4n) is 5.66. The van der Waals surface area contributed by atoms with Crippen LogP contribution in [0.4, 0.5) is 5.69 Å². The third kappa shape index (κ3) is 7.14. The second-order valence-corrected chi connectivity index (χ2v) is 13.7. The maximum atomic E-state index is 14.3. The third-order valence-corrected chi connectivity index (χ3v) is 9.80. The number of methoxy groups -OCH3 is 1. The summed E-state index contributed by atoms with van der Waals surface area (Å²) in [5.41, 5.74) is 5.54. The van der Waals surface area contributed by atoms with Crippen molar-refractivity contribution in [1.82, 2.24) is 4.57 Å². The number of halogens is 1. The predicted molar refractivity (Wildman–Crippen MR) is 196 cm³/mol. The summed E-state index contributed by atoms with van der Waals surface area (Å²) >= 11 is 4.89. The molecule has 10 heteroatoms. The van der Waals surface area contributed by atoms with Gasteiger partial charge in [0.2, 0.25) is 0 Å². The van der Waals surface area contributed by atoms with Gasteiger partial charge in [0.15, 0.2) is 16.3 Å². The van der Waals surface area contributed by atoms with E-state index >= 15 is 0 Å². The molecule has 1 atom stereocenters. The van der Waals surface area contributed by atoms with Gasteiger partial charge < -0.3 is 14.8 Å². The van der Waals surface area contributed by atoms with Crippen LogP contribution in [-0.2, 0) is 11.4 Å². The van der Waals surface area contributed by atoms with Gasteiger partial charge in [0.1, 0.15) is 6.61 Å². The molecular formula is C39H33BrN4O4S. The minimum Gasteiger partial charge on any atom is -0.493 e. The van der Waals surface area contributed by atoms with Crippen molar-refractivity contribution in [3.8, 4) is 17.6 Å². The number of para-hydroxylation sites is 1. The lowest BCUT2D eigenvalue weighted by molar-refractivity contribution is -0.113. The number of nitrogens with one attached hydrogen (secondary N) is 1. The summed E-state index contributed by atoms with van der Waals surface area (Å²) in [4.78, 5) is 33.4. The van der Waals surface area contributed by atoms with Crippen molar-refractivity contribution in [2.45, 2.75) is 39.3 Å². The topological polar surface area (TPSA) is 106 Å². The molecule has 1 N–H and O–H groups in total. The van der Waals surface area contributed by atoms with Crippen LogP contribution < -0.4 is 29.7 Å². The van der Waals surface area contributed by atoms with E-state index in [9.17, 15) is 9.59 Å². The number of aromatic nitrogens is 1. The van der Waals surface area contributed by atoms with Gasteiger partial charge in [0.25, 0.3) is 11.5 Å². The largest absolute Gasteiger partial charge is 0.493 e. The SMILES string of the molecule is COc1cc(/C=c2/sc3n(c2=O)[C@@H](c2ccc(C(C)C)cc2)C(C(=O)Nc2ccccc2)=C(C)N=3)cc(Br)c1OCc1ccc(C#N)cc1. The summed E-state index contributed by atoms with van der Waals surface area (Å²) in [6.45, 7) is 6.34. The number of allylic oxidation sites excluding steroid dienone is 1. The summed E-state index contributed by atoms with van der Waals surface area (Å²) in [7, 11) is 1.56. The molecule has 8 nitrogen and oxygen atoms in total. The van der Waals surface area contributed by atoms with Crippen molar-refractivity contribution in [2.75, 3.05) is 12.4 Å². The number of fused-ring (bicyclic) bond motifs is 1. The first-order chi connectivity index (χ1) is 23.7. The number of thiazole rings is 1. The Bertz CT molecular complexity index is 2290. The normalized spacial score (nSPS) is 14.2. The maximum Gasteiger partial charge on any atom is 0.271 e. The lowest BCUT2D eigenvalue weighted by Crippen LogP contribution is -2.40. The van der Waals surface area contributed by atoms with Crippen molar-refractivity contribution in [3.63, 3.8) is 0 Å². The van der Waals surface area contributed by atoms with Gasteiger partial charge in [-0.3, -0.25) is 14.2 Å². The first-order valence-corrected chi connectivity index (χ1v) is 17.3. The molecule has 0 saturated carbocycles. The molecule has 4 aromatic carbocycles. The average Bonchev–Trinajstić information content (AvgIpc) is 3.40. The van der Waals surface area contributed by atoms with E-state index in [4.69, 9.17) is 19.7 Å². The van der Waals surface area contributed by atoms with Gasteiger partial charge in [-0.1, -0.05) is 79.8 Å². The van der Waals surface area contributed by atoms with E-state index in [0.717, 1.165) is 22.3 Å². The molecule has 2 heterocycles. The summed E-state index contributed by atoms with van der Waals surface area (Å²) in [5.74, 6) is 1.02. The van der Waals surface area contributed by atoms with Crippen molar-refractivity contribution < 1.29 is 14.3 Å². The molecule has 1 aliphatic rings. The smallest absolute Gasteiger partial charge is 0.271 e. The van der Waals surface area contributed by atoms with Crippen molar-refractivity contribution >= 4 is 44.9 Å². The molecule has 1 aliphatic heterocycles. The molecule has 49 heavy (non-hydrogen) atoms. The Hall–Kier alpha value is -5.24. The van der Waals surface area contributed by atoms with E-state index in [1.807, 2.05) is 85.8 Å². The number of ether oxygens (including phenoxy) is 2. The van der Waals surface area contributed by atoms with Gasteiger partial charge in [0.05, 0.1) is 45.1 Å². The second kappa shape index (κ2) is 14.5. The number of anilines is 1. The number of carbonyl (C=O) groups is 1. The van der Waals surface area contributed by atoms with Crippen LogP contribution in [0.3, 0.4) is 0 Å². The number of carbonyl (C=O) groups excluding carboxylic acids is 1. The number of nitriles is 1. The molecule has 5 aromatic rings. The van der Waals surface area contributed by atoms with Crippen LogP contribution in [0.1, 0.15) is 60.5 Å². The number of benzene rings is 4. The highest BCUT2D eigenvalue weighted by Crippen LogP contribution is 2.38. The van der Waals surface area contributed by atoms with E-state index in [2.05, 4.69) is 41.2 Å². The van der Waals surface area contributed by atoms with E-state index in [1.54, 1.807) is 29.9 Å². The molecule has 0 fully saturated rings. The minimum absolute atomic E-state index is 0.254. The van der Waals surface area contributed by atoms with Crippen LogP contribution in [0.2, 0.25) is 0 Å². The fourth-order valence-corrected chi connectivity index (χ4v) is 7.28. The third-order valence-electron chi connectivity index (χ3n) is 8.23. The molecule has 0 radical (unpaired) electrons. The van der Waals surface area contributed by atoms with Gasteiger partial charge in [-0.2, -0.15) is 5.26 Å². The Labute approximate surface area is 296 Å². The van der Waals surface area contributed by atoms with E-state index in [1.165, 1.54) is 11.3 Å². The van der Waals surface area contributed by atoms with Crippen LogP contribution in [-0.4, -0.2) is 17.6 Å². The van der Waals surface area contributed by atoms with Crippen LogP contribution in [0.15, 0.2) is 117 Å². The highest BCUT2D eigenvalue weighted by molar-refractivity contribution is 9.10. The Morgan fingerprint density at radius 2 is 1.80 bits per heavy atom. The minimum atomic E-state index is -0.678. The van der Waals surface area contributed by atoms with Gasteiger partial charge in [0, 0.05) is 5.69 Å². The number of rotatable bonds is 9. The fraction of sp³-hybridized carbons (Fsp3) is 0.179. The van der Waals surface area contributed by atoms with Crippen molar-refractivity contribution in [2.24, 2.45) is 4.99 Å². The standard InChI is InChI=1S/C39H33BrN4O4S/c1-23(2)28-14-16-29(17-15-28)35-34(37(45)43-30-8-6-5-7-9-30)24(3)42-39-44(35)38(46)33(49-39)20-27-18-31(40)36(32(19-27)47-4)48-22-26-12-10-25(21-41)11-13-26/h5-20,23,35H,22H2,1-4H3,(H,43,45)/b33-20+/t35-/m0/s1. The number of hydrogen-bond acceptors (Lipinski definition) is 7. The molecular weight excluding hydrogens is 700 g/mol. The summed E-state index contributed by atoms with van der Waals surface area (Å²) in [6.07, 6.45) is 1.80. The Balaban J connectivity index is 1.39. The molecule has 0 bridgehead atoms. The highest BCUT2D eigenvalue weighted by Gasteiger charge is 2.32. The van der Waals surface area contributed by atoms with Gasteiger partial charge in [-0.15, -0.1) is 0 Å². The van der Waals surface area contributed by atoms with Gasteiger partial charge >= 0.3 is 0 Å². The molecule has 0 spiro atoms. The first-order valence-electron chi connectivity index (χ1n) is 15.6. The zero-order valence-electron chi connectivity index (χ0n) is 27.4. The number of hydrogen-bond donors (Lipinski definition) is 1. The molecule has 1 amide bonds. The zero-order chi connectivity index (χ0) is 34.7. The average molecular weight is 734 g/mol. The summed E-state index contributed by atoms with van der Waals surface area (Å²) in [6, 6.07) is 29.6. The van der Waals surface area contributed by atoms with Crippen molar-refractivity contribution in [3.05, 3.63) is 154 Å². The molecule has 0 aliphatic carbocycles. The Morgan fingerprint density at radius 1 is 1.08 bits per heavy atom. The number of nitrogens with zero attached hydrogens (tertiary/aromatic N) is 3. The molecule has 6 rings (SSSR count). The van der Waals surface area contributed by atoms with Crippen LogP contribution in [0, 0.1) is 11.3 Å². The predicted octanol–water partition coefficient (Wildman–Crippen LogP) is 7.22. The van der Waals surface area contributed by atoms with Crippen molar-refractivity contribution in [1.29, 1.82) is 5.26 Å². The quantitative estimate of drug-likeness (QED) is 0.172. The van der Waals surface area contributed by atoms with Crippen LogP contribution in [0.5, 0.6) is 11.5 Å². The lowest BCUT2D eigenvalue weighted by Gasteiger charge is -2.25. The molecule has 246 valence electrons.